The molecule has 0 aliphatic heterocycles. The molecule has 0 aliphatic rings. The Kier molecular flexibility index (Phi) is 3.97. The zero-order chi connectivity index (χ0) is 9.68. The summed E-state index contributed by atoms with van der Waals surface area (Å²) < 4.78 is 0. The molecule has 1 nitrogen and oxygen atoms in total. The predicted molar refractivity (Wildman–Crippen MR) is 54.8 cm³/mol. The molecular formula is C12H17O. The van der Waals surface area contributed by atoms with E-state index in [9.17, 15) is 0 Å². The van der Waals surface area contributed by atoms with Crippen LogP contribution in [0.4, 0.5) is 0 Å². The molecule has 0 fully saturated rings. The molecule has 1 N–H and O–H groups in total. The molecule has 71 valence electrons. The van der Waals surface area contributed by atoms with Crippen molar-refractivity contribution in [2.24, 2.45) is 0 Å². The quantitative estimate of drug-likeness (QED) is 0.747. The molecule has 0 bridgehead atoms. The minimum absolute atomic E-state index is 0.240. The summed E-state index contributed by atoms with van der Waals surface area (Å²) >= 11 is 0. The Bertz CT molecular complexity index is 244. The lowest BCUT2D eigenvalue weighted by molar-refractivity contribution is 0.299. The number of benzene rings is 1. The van der Waals surface area contributed by atoms with E-state index in [0.29, 0.717) is 0 Å². The van der Waals surface area contributed by atoms with Gasteiger partial charge in [0.25, 0.3) is 0 Å². The minimum atomic E-state index is 0.240. The van der Waals surface area contributed by atoms with E-state index in [2.05, 4.69) is 19.9 Å². The Labute approximate surface area is 80.4 Å². The van der Waals surface area contributed by atoms with Crippen LogP contribution in [0.1, 0.15) is 30.5 Å². The largest absolute Gasteiger partial charge is 0.396 e. The van der Waals surface area contributed by atoms with E-state index in [0.717, 1.165) is 19.3 Å². The summed E-state index contributed by atoms with van der Waals surface area (Å²) in [5, 5.41) is 8.95. The van der Waals surface area contributed by atoms with Gasteiger partial charge in [0.15, 0.2) is 0 Å². The van der Waals surface area contributed by atoms with Gasteiger partial charge in [-0.3, -0.25) is 0 Å². The minimum Gasteiger partial charge on any atom is -0.396 e. The second-order valence-corrected chi connectivity index (χ2v) is 3.17. The first kappa shape index (κ1) is 10.3. The molecule has 1 aromatic rings. The maximum absolute atomic E-state index is 8.95. The molecule has 0 unspecified atom stereocenters. The van der Waals surface area contributed by atoms with Crippen molar-refractivity contribution in [1.29, 1.82) is 0 Å². The van der Waals surface area contributed by atoms with Crippen LogP contribution in [0.25, 0.3) is 0 Å². The van der Waals surface area contributed by atoms with Gasteiger partial charge in [0.2, 0.25) is 0 Å². The SMILES string of the molecule is CCc1c[c]cc(CC)c1CCO. The Morgan fingerprint density at radius 1 is 1.15 bits per heavy atom. The van der Waals surface area contributed by atoms with Crippen LogP contribution in [-0.2, 0) is 19.3 Å². The van der Waals surface area contributed by atoms with Gasteiger partial charge in [0.1, 0.15) is 0 Å². The van der Waals surface area contributed by atoms with Crippen molar-refractivity contribution in [3.05, 3.63) is 34.9 Å². The maximum Gasteiger partial charge on any atom is 0.0471 e. The fourth-order valence-electron chi connectivity index (χ4n) is 1.69. The smallest absolute Gasteiger partial charge is 0.0471 e. The van der Waals surface area contributed by atoms with Crippen LogP contribution < -0.4 is 0 Å². The summed E-state index contributed by atoms with van der Waals surface area (Å²) in [5.74, 6) is 0. The van der Waals surface area contributed by atoms with Crippen molar-refractivity contribution in [3.63, 3.8) is 0 Å². The van der Waals surface area contributed by atoms with Crippen LogP contribution in [-0.4, -0.2) is 11.7 Å². The topological polar surface area (TPSA) is 20.2 Å². The third-order valence-electron chi connectivity index (χ3n) is 2.41. The van der Waals surface area contributed by atoms with Crippen molar-refractivity contribution >= 4 is 0 Å². The van der Waals surface area contributed by atoms with E-state index in [-0.39, 0.29) is 6.61 Å². The molecule has 0 atom stereocenters. The highest BCUT2D eigenvalue weighted by atomic mass is 16.2. The van der Waals surface area contributed by atoms with E-state index in [1.165, 1.54) is 16.7 Å². The maximum atomic E-state index is 8.95. The third-order valence-corrected chi connectivity index (χ3v) is 2.41. The average molecular weight is 177 g/mol. The Balaban J connectivity index is 3.05. The molecule has 13 heavy (non-hydrogen) atoms. The van der Waals surface area contributed by atoms with Crippen molar-refractivity contribution in [1.82, 2.24) is 0 Å². The van der Waals surface area contributed by atoms with Crippen molar-refractivity contribution < 1.29 is 5.11 Å². The molecular weight excluding hydrogens is 160 g/mol. The van der Waals surface area contributed by atoms with E-state index >= 15 is 0 Å². The second-order valence-electron chi connectivity index (χ2n) is 3.17. The van der Waals surface area contributed by atoms with E-state index in [1.807, 2.05) is 12.1 Å². The van der Waals surface area contributed by atoms with Gasteiger partial charge in [-0.2, -0.15) is 0 Å². The fraction of sp³-hybridized carbons (Fsp3) is 0.500. The summed E-state index contributed by atoms with van der Waals surface area (Å²) in [4.78, 5) is 0. The summed E-state index contributed by atoms with van der Waals surface area (Å²) in [5.41, 5.74) is 3.98. The standard InChI is InChI=1S/C12H17O/c1-3-10-6-5-7-11(4-2)12(10)8-9-13/h6-7,13H,3-4,8-9H2,1-2H3. The summed E-state index contributed by atoms with van der Waals surface area (Å²) in [6, 6.07) is 7.21. The molecule has 0 aliphatic carbocycles. The Hall–Kier alpha value is -0.820. The highest BCUT2D eigenvalue weighted by molar-refractivity contribution is 5.35. The number of hydrogen-bond acceptors (Lipinski definition) is 1. The number of aliphatic hydroxyl groups excluding tert-OH is 1. The van der Waals surface area contributed by atoms with Crippen molar-refractivity contribution in [2.75, 3.05) is 6.61 Å². The summed E-state index contributed by atoms with van der Waals surface area (Å²) in [6.45, 7) is 4.52. The summed E-state index contributed by atoms with van der Waals surface area (Å²) in [7, 11) is 0. The lowest BCUT2D eigenvalue weighted by Gasteiger charge is -2.11. The van der Waals surface area contributed by atoms with Gasteiger partial charge < -0.3 is 5.11 Å². The first-order valence-electron chi connectivity index (χ1n) is 4.95. The summed E-state index contributed by atoms with van der Waals surface area (Å²) in [6.07, 6.45) is 2.83. The first-order valence-corrected chi connectivity index (χ1v) is 4.95. The molecule has 0 saturated heterocycles. The zero-order valence-electron chi connectivity index (χ0n) is 8.43. The van der Waals surface area contributed by atoms with Gasteiger partial charge in [0.05, 0.1) is 0 Å². The molecule has 0 heterocycles. The Morgan fingerprint density at radius 3 is 2.08 bits per heavy atom. The van der Waals surface area contributed by atoms with Gasteiger partial charge in [-0.25, -0.2) is 0 Å². The molecule has 0 amide bonds. The highest BCUT2D eigenvalue weighted by Crippen LogP contribution is 2.16. The van der Waals surface area contributed by atoms with Crippen molar-refractivity contribution in [3.8, 4) is 0 Å². The number of aryl methyl sites for hydroxylation is 2. The van der Waals surface area contributed by atoms with E-state index in [4.69, 9.17) is 5.11 Å². The lowest BCUT2D eigenvalue weighted by atomic mass is 9.95. The van der Waals surface area contributed by atoms with Crippen LogP contribution in [0.3, 0.4) is 0 Å². The molecule has 1 heteroatoms. The van der Waals surface area contributed by atoms with E-state index < -0.39 is 0 Å². The van der Waals surface area contributed by atoms with Crippen LogP contribution in [0.5, 0.6) is 0 Å². The van der Waals surface area contributed by atoms with Gasteiger partial charge in [-0.05, 0) is 42.0 Å². The Morgan fingerprint density at radius 2 is 1.69 bits per heavy atom. The number of rotatable bonds is 4. The number of hydrogen-bond donors (Lipinski definition) is 1. The molecule has 1 aromatic carbocycles. The molecule has 1 radical (unpaired) electrons. The van der Waals surface area contributed by atoms with Crippen LogP contribution in [0.2, 0.25) is 0 Å². The normalized spacial score (nSPS) is 10.4. The molecule has 0 spiro atoms. The van der Waals surface area contributed by atoms with Gasteiger partial charge in [0, 0.05) is 6.61 Å². The zero-order valence-corrected chi connectivity index (χ0v) is 8.43. The van der Waals surface area contributed by atoms with Gasteiger partial charge >= 0.3 is 0 Å². The first-order chi connectivity index (χ1) is 6.33. The number of aliphatic hydroxyl groups is 1. The fourth-order valence-corrected chi connectivity index (χ4v) is 1.69. The third kappa shape index (κ3) is 2.31. The van der Waals surface area contributed by atoms with Crippen LogP contribution in [0.15, 0.2) is 12.1 Å². The highest BCUT2D eigenvalue weighted by Gasteiger charge is 2.04. The van der Waals surface area contributed by atoms with Gasteiger partial charge in [-0.15, -0.1) is 0 Å². The molecule has 0 aromatic heterocycles. The van der Waals surface area contributed by atoms with E-state index in [1.54, 1.807) is 0 Å². The van der Waals surface area contributed by atoms with Gasteiger partial charge in [-0.1, -0.05) is 26.0 Å². The second kappa shape index (κ2) is 5.03. The lowest BCUT2D eigenvalue weighted by Crippen LogP contribution is -2.01. The molecule has 1 rings (SSSR count). The van der Waals surface area contributed by atoms with Crippen molar-refractivity contribution in [2.45, 2.75) is 33.1 Å². The monoisotopic (exact) mass is 177 g/mol. The van der Waals surface area contributed by atoms with Crippen LogP contribution in [0, 0.1) is 6.07 Å². The predicted octanol–water partition coefficient (Wildman–Crippen LogP) is 2.15. The average Bonchev–Trinajstić information content (AvgIpc) is 2.18. The molecule has 0 saturated carbocycles. The van der Waals surface area contributed by atoms with Crippen LogP contribution >= 0.6 is 0 Å².